The van der Waals surface area contributed by atoms with Crippen LogP contribution in [0.1, 0.15) is 25.2 Å². The molecule has 0 fully saturated rings. The molecule has 1 aromatic carbocycles. The first kappa shape index (κ1) is 15.0. The number of fused-ring (bicyclic) bond motifs is 3. The van der Waals surface area contributed by atoms with Crippen molar-refractivity contribution in [3.8, 4) is 0 Å². The highest BCUT2D eigenvalue weighted by Gasteiger charge is 2.34. The molecule has 0 saturated carbocycles. The number of ether oxygens (including phenoxy) is 1. The predicted octanol–water partition coefficient (Wildman–Crippen LogP) is 2.93. The van der Waals surface area contributed by atoms with Gasteiger partial charge >= 0.3 is 0 Å². The van der Waals surface area contributed by atoms with Gasteiger partial charge in [-0.05, 0) is 19.9 Å². The van der Waals surface area contributed by atoms with E-state index in [1.165, 1.54) is 7.05 Å². The first-order chi connectivity index (χ1) is 10.2. The highest BCUT2D eigenvalue weighted by Crippen LogP contribution is 2.39. The van der Waals surface area contributed by atoms with Gasteiger partial charge in [-0.25, -0.2) is 12.7 Å². The molecule has 5 nitrogen and oxygen atoms in total. The van der Waals surface area contributed by atoms with Crippen molar-refractivity contribution in [2.75, 3.05) is 19.9 Å². The van der Waals surface area contributed by atoms with Crippen molar-refractivity contribution in [2.45, 2.75) is 19.3 Å². The van der Waals surface area contributed by atoms with E-state index in [0.29, 0.717) is 12.5 Å². The Morgan fingerprint density at radius 2 is 1.91 bits per heavy atom. The SMILES string of the molecule is CN(C1=Cc2c(oc3ccccc23)C(C)(C)CO1)S(C)(=O)=O. The highest BCUT2D eigenvalue weighted by molar-refractivity contribution is 7.88. The second-order valence-corrected chi connectivity index (χ2v) is 8.24. The van der Waals surface area contributed by atoms with E-state index in [2.05, 4.69) is 0 Å². The molecule has 0 saturated heterocycles. The molecule has 0 N–H and O–H groups in total. The number of hydrogen-bond acceptors (Lipinski definition) is 4. The molecule has 0 spiro atoms. The van der Waals surface area contributed by atoms with Crippen molar-refractivity contribution in [3.05, 3.63) is 41.5 Å². The van der Waals surface area contributed by atoms with Crippen LogP contribution >= 0.6 is 0 Å². The number of para-hydroxylation sites is 1. The fraction of sp³-hybridized carbons (Fsp3) is 0.375. The Kier molecular flexibility index (Phi) is 3.25. The van der Waals surface area contributed by atoms with E-state index in [1.54, 1.807) is 6.08 Å². The third-order valence-corrected chi connectivity index (χ3v) is 5.08. The van der Waals surface area contributed by atoms with Crippen LogP contribution in [0.15, 0.2) is 34.6 Å². The van der Waals surface area contributed by atoms with E-state index in [-0.39, 0.29) is 5.41 Å². The molecular weight excluding hydrogens is 302 g/mol. The zero-order chi connectivity index (χ0) is 16.1. The summed E-state index contributed by atoms with van der Waals surface area (Å²) in [6.45, 7) is 4.38. The van der Waals surface area contributed by atoms with Gasteiger partial charge in [0.2, 0.25) is 15.9 Å². The Morgan fingerprint density at radius 3 is 2.59 bits per heavy atom. The normalized spacial score (nSPS) is 17.4. The molecule has 0 amide bonds. The number of rotatable bonds is 2. The number of nitrogens with zero attached hydrogens (tertiary/aromatic N) is 1. The van der Waals surface area contributed by atoms with Crippen LogP contribution in [-0.2, 0) is 20.2 Å². The monoisotopic (exact) mass is 321 g/mol. The van der Waals surface area contributed by atoms with Crippen molar-refractivity contribution >= 4 is 27.1 Å². The number of benzene rings is 1. The summed E-state index contributed by atoms with van der Waals surface area (Å²) in [4.78, 5) is 0. The minimum Gasteiger partial charge on any atom is -0.477 e. The maximum atomic E-state index is 11.8. The number of hydrogen-bond donors (Lipinski definition) is 0. The van der Waals surface area contributed by atoms with Gasteiger partial charge in [-0.3, -0.25) is 0 Å². The van der Waals surface area contributed by atoms with Gasteiger partial charge in [0.1, 0.15) is 18.0 Å². The Bertz CT molecular complexity index is 861. The summed E-state index contributed by atoms with van der Waals surface area (Å²) in [5, 5.41) is 0.954. The topological polar surface area (TPSA) is 59.8 Å². The largest absolute Gasteiger partial charge is 0.477 e. The van der Waals surface area contributed by atoms with Crippen LogP contribution in [0.25, 0.3) is 17.0 Å². The third kappa shape index (κ3) is 2.37. The van der Waals surface area contributed by atoms with E-state index in [1.807, 2.05) is 38.1 Å². The Hall–Kier alpha value is -1.95. The van der Waals surface area contributed by atoms with Crippen LogP contribution in [0, 0.1) is 0 Å². The molecule has 1 aromatic heterocycles. The molecule has 0 radical (unpaired) electrons. The Balaban J connectivity index is 2.25. The highest BCUT2D eigenvalue weighted by atomic mass is 32.2. The lowest BCUT2D eigenvalue weighted by molar-refractivity contribution is 0.119. The number of sulfonamides is 1. The maximum Gasteiger partial charge on any atom is 0.234 e. The molecular formula is C16H19NO4S. The molecule has 22 heavy (non-hydrogen) atoms. The van der Waals surface area contributed by atoms with Crippen molar-refractivity contribution in [3.63, 3.8) is 0 Å². The minimum absolute atomic E-state index is 0.306. The summed E-state index contributed by atoms with van der Waals surface area (Å²) in [5.41, 5.74) is 1.31. The smallest absolute Gasteiger partial charge is 0.234 e. The number of furan rings is 1. The quantitative estimate of drug-likeness (QED) is 0.853. The van der Waals surface area contributed by atoms with Crippen LogP contribution in [0.4, 0.5) is 0 Å². The molecule has 2 heterocycles. The standard InChI is InChI=1S/C16H19NO4S/c1-16(2)10-20-14(17(3)22(4,18)19)9-12-11-7-5-6-8-13(11)21-15(12)16/h5-9H,10H2,1-4H3. The molecule has 0 atom stereocenters. The van der Waals surface area contributed by atoms with Crippen molar-refractivity contribution in [1.29, 1.82) is 0 Å². The Morgan fingerprint density at radius 1 is 1.23 bits per heavy atom. The van der Waals surface area contributed by atoms with Crippen LogP contribution < -0.4 is 0 Å². The lowest BCUT2D eigenvalue weighted by Gasteiger charge is -2.24. The molecule has 0 unspecified atom stereocenters. The van der Waals surface area contributed by atoms with Crippen LogP contribution in [0.5, 0.6) is 0 Å². The molecule has 1 aliphatic rings. The first-order valence-corrected chi connectivity index (χ1v) is 8.85. The molecule has 3 rings (SSSR count). The summed E-state index contributed by atoms with van der Waals surface area (Å²) in [6, 6.07) is 7.73. The van der Waals surface area contributed by atoms with Gasteiger partial charge in [0.25, 0.3) is 0 Å². The molecule has 1 aliphatic heterocycles. The molecule has 2 aromatic rings. The second kappa shape index (κ2) is 4.78. The average Bonchev–Trinajstić information content (AvgIpc) is 2.75. The zero-order valence-electron chi connectivity index (χ0n) is 13.1. The second-order valence-electron chi connectivity index (χ2n) is 6.23. The molecule has 118 valence electrons. The summed E-state index contributed by atoms with van der Waals surface area (Å²) in [6.07, 6.45) is 2.90. The van der Waals surface area contributed by atoms with Crippen LogP contribution in [0.3, 0.4) is 0 Å². The predicted molar refractivity (Wildman–Crippen MR) is 85.8 cm³/mol. The van der Waals surface area contributed by atoms with Gasteiger partial charge in [0.05, 0.1) is 11.7 Å². The summed E-state index contributed by atoms with van der Waals surface area (Å²) < 4.78 is 36.5. The van der Waals surface area contributed by atoms with Gasteiger partial charge in [-0.2, -0.15) is 0 Å². The van der Waals surface area contributed by atoms with Crippen molar-refractivity contribution in [2.24, 2.45) is 0 Å². The molecule has 0 bridgehead atoms. The summed E-state index contributed by atoms with van der Waals surface area (Å²) in [7, 11) is -1.90. The molecule has 6 heteroatoms. The van der Waals surface area contributed by atoms with Gasteiger partial charge in [-0.1, -0.05) is 18.2 Å². The van der Waals surface area contributed by atoms with E-state index >= 15 is 0 Å². The minimum atomic E-state index is -3.39. The van der Waals surface area contributed by atoms with Gasteiger partial charge in [-0.15, -0.1) is 0 Å². The fourth-order valence-electron chi connectivity index (χ4n) is 2.54. The Labute approximate surface area is 130 Å². The molecule has 0 aliphatic carbocycles. The van der Waals surface area contributed by atoms with Gasteiger partial charge in [0.15, 0.2) is 0 Å². The van der Waals surface area contributed by atoms with E-state index in [9.17, 15) is 8.42 Å². The summed E-state index contributed by atoms with van der Waals surface area (Å²) >= 11 is 0. The van der Waals surface area contributed by atoms with Crippen LogP contribution in [0.2, 0.25) is 0 Å². The lowest BCUT2D eigenvalue weighted by Crippen LogP contribution is -2.29. The van der Waals surface area contributed by atoms with E-state index < -0.39 is 10.0 Å². The third-order valence-electron chi connectivity index (χ3n) is 3.91. The van der Waals surface area contributed by atoms with Crippen molar-refractivity contribution in [1.82, 2.24) is 4.31 Å². The fourth-order valence-corrected chi connectivity index (χ4v) is 2.97. The lowest BCUT2D eigenvalue weighted by atomic mass is 9.88. The van der Waals surface area contributed by atoms with E-state index in [4.69, 9.17) is 9.15 Å². The maximum absolute atomic E-state index is 11.8. The zero-order valence-corrected chi connectivity index (χ0v) is 13.9. The van der Waals surface area contributed by atoms with E-state index in [0.717, 1.165) is 32.9 Å². The van der Waals surface area contributed by atoms with Gasteiger partial charge in [0, 0.05) is 24.1 Å². The average molecular weight is 321 g/mol. The van der Waals surface area contributed by atoms with Gasteiger partial charge < -0.3 is 9.15 Å². The first-order valence-electron chi connectivity index (χ1n) is 7.00. The van der Waals surface area contributed by atoms with Crippen molar-refractivity contribution < 1.29 is 17.6 Å². The summed E-state index contributed by atoms with van der Waals surface area (Å²) in [5.74, 6) is 1.12. The van der Waals surface area contributed by atoms with Crippen LogP contribution in [-0.4, -0.2) is 32.6 Å².